The summed E-state index contributed by atoms with van der Waals surface area (Å²) in [5, 5.41) is 20.6. The molecule has 0 aliphatic heterocycles. The Balaban J connectivity index is 2.24. The highest BCUT2D eigenvalue weighted by Crippen LogP contribution is 2.17. The van der Waals surface area contributed by atoms with E-state index in [0.29, 0.717) is 0 Å². The predicted octanol–water partition coefficient (Wildman–Crippen LogP) is 1.72. The van der Waals surface area contributed by atoms with Crippen LogP contribution in [0.15, 0.2) is 36.4 Å². The topological polar surface area (TPSA) is 69.6 Å². The van der Waals surface area contributed by atoms with Crippen molar-refractivity contribution in [2.45, 2.75) is 6.92 Å². The molecular weight excluding hydrogens is 295 g/mol. The van der Waals surface area contributed by atoms with E-state index in [-0.39, 0.29) is 21.7 Å². The maximum absolute atomic E-state index is 13.6. The summed E-state index contributed by atoms with van der Waals surface area (Å²) in [5.74, 6) is -1.08. The van der Waals surface area contributed by atoms with Crippen LogP contribution in [0.5, 0.6) is 0 Å². The zero-order valence-corrected chi connectivity index (χ0v) is 11.9. The molecule has 0 saturated carbocycles. The molecule has 1 amide bonds. The molecule has 4 nitrogen and oxygen atoms in total. The lowest BCUT2D eigenvalue weighted by molar-refractivity contribution is 0.102. The molecule has 3 N–H and O–H groups in total. The molecular formula is C14H12BClFNO3. The second-order valence-corrected chi connectivity index (χ2v) is 4.95. The number of aryl methyl sites for hydroxylation is 1. The fourth-order valence-electron chi connectivity index (χ4n) is 1.81. The fraction of sp³-hybridized carbons (Fsp3) is 0.0714. The van der Waals surface area contributed by atoms with Crippen molar-refractivity contribution < 1.29 is 19.2 Å². The van der Waals surface area contributed by atoms with E-state index in [1.807, 2.05) is 0 Å². The summed E-state index contributed by atoms with van der Waals surface area (Å²) in [6.45, 7) is 1.78. The van der Waals surface area contributed by atoms with Crippen molar-refractivity contribution >= 4 is 35.8 Å². The Morgan fingerprint density at radius 2 is 1.95 bits per heavy atom. The van der Waals surface area contributed by atoms with Gasteiger partial charge in [-0.15, -0.1) is 0 Å². The van der Waals surface area contributed by atoms with Gasteiger partial charge in [-0.1, -0.05) is 23.7 Å². The Morgan fingerprint density at radius 1 is 1.24 bits per heavy atom. The molecule has 2 aromatic carbocycles. The maximum Gasteiger partial charge on any atom is 0.489 e. The maximum atomic E-state index is 13.6. The molecule has 2 aromatic rings. The lowest BCUT2D eigenvalue weighted by Gasteiger charge is -2.09. The molecule has 0 heterocycles. The minimum Gasteiger partial charge on any atom is -0.423 e. The number of anilines is 1. The van der Waals surface area contributed by atoms with Crippen molar-refractivity contribution in [2.75, 3.05) is 5.32 Å². The molecule has 0 atom stereocenters. The molecule has 2 rings (SSSR count). The second kappa shape index (κ2) is 6.26. The van der Waals surface area contributed by atoms with Gasteiger partial charge in [0.2, 0.25) is 0 Å². The molecule has 0 unspecified atom stereocenters. The molecule has 0 bridgehead atoms. The van der Waals surface area contributed by atoms with Crippen molar-refractivity contribution in [2.24, 2.45) is 0 Å². The third-order valence-electron chi connectivity index (χ3n) is 2.91. The summed E-state index contributed by atoms with van der Waals surface area (Å²) in [5.41, 5.74) is 1.16. The van der Waals surface area contributed by atoms with E-state index in [2.05, 4.69) is 5.32 Å². The molecule has 0 radical (unpaired) electrons. The predicted molar refractivity (Wildman–Crippen MR) is 80.4 cm³/mol. The normalized spacial score (nSPS) is 10.3. The number of carbonyl (C=O) groups is 1. The van der Waals surface area contributed by atoms with Gasteiger partial charge in [0, 0.05) is 16.0 Å². The molecule has 108 valence electrons. The molecule has 0 aliphatic rings. The van der Waals surface area contributed by atoms with Crippen LogP contribution >= 0.6 is 11.6 Å². The Morgan fingerprint density at radius 3 is 2.57 bits per heavy atom. The number of rotatable bonds is 3. The SMILES string of the molecule is Cc1ccc(F)c(NC(=O)c2ccc(B(O)O)c(Cl)c2)c1. The third kappa shape index (κ3) is 3.61. The van der Waals surface area contributed by atoms with Gasteiger partial charge in [-0.05, 0) is 36.8 Å². The molecule has 21 heavy (non-hydrogen) atoms. The zero-order chi connectivity index (χ0) is 15.6. The number of hydrogen-bond donors (Lipinski definition) is 3. The van der Waals surface area contributed by atoms with Gasteiger partial charge in [-0.3, -0.25) is 4.79 Å². The van der Waals surface area contributed by atoms with E-state index in [0.717, 1.165) is 5.56 Å². The summed E-state index contributed by atoms with van der Waals surface area (Å²) in [6.07, 6.45) is 0. The Labute approximate surface area is 126 Å². The smallest absolute Gasteiger partial charge is 0.423 e. The molecule has 0 aromatic heterocycles. The first kappa shape index (κ1) is 15.5. The summed E-state index contributed by atoms with van der Waals surface area (Å²) in [4.78, 5) is 12.0. The van der Waals surface area contributed by atoms with Crippen molar-refractivity contribution in [1.29, 1.82) is 0 Å². The van der Waals surface area contributed by atoms with Crippen LogP contribution in [0.25, 0.3) is 0 Å². The zero-order valence-electron chi connectivity index (χ0n) is 11.1. The van der Waals surface area contributed by atoms with E-state index in [4.69, 9.17) is 21.6 Å². The van der Waals surface area contributed by atoms with Crippen molar-refractivity contribution in [3.05, 3.63) is 58.4 Å². The standard InChI is InChI=1S/C14H12BClFNO3/c1-8-2-5-12(17)13(6-8)18-14(19)9-3-4-10(15(20)21)11(16)7-9/h2-7,20-21H,1H3,(H,18,19). The second-order valence-electron chi connectivity index (χ2n) is 4.55. The van der Waals surface area contributed by atoms with E-state index >= 15 is 0 Å². The first-order valence-corrected chi connectivity index (χ1v) is 6.49. The monoisotopic (exact) mass is 307 g/mol. The largest absolute Gasteiger partial charge is 0.489 e. The van der Waals surface area contributed by atoms with Crippen LogP contribution in [0, 0.1) is 12.7 Å². The van der Waals surface area contributed by atoms with E-state index in [1.54, 1.807) is 13.0 Å². The number of halogens is 2. The highest BCUT2D eigenvalue weighted by molar-refractivity contribution is 6.62. The Kier molecular flexibility index (Phi) is 4.62. The van der Waals surface area contributed by atoms with Gasteiger partial charge in [0.25, 0.3) is 5.91 Å². The third-order valence-corrected chi connectivity index (χ3v) is 3.24. The van der Waals surface area contributed by atoms with Gasteiger partial charge in [0.1, 0.15) is 5.82 Å². The Bertz CT molecular complexity index is 694. The first-order chi connectivity index (χ1) is 9.88. The van der Waals surface area contributed by atoms with Crippen molar-refractivity contribution in [3.63, 3.8) is 0 Å². The van der Waals surface area contributed by atoms with E-state index in [1.165, 1.54) is 30.3 Å². The van der Waals surface area contributed by atoms with Gasteiger partial charge >= 0.3 is 7.12 Å². The van der Waals surface area contributed by atoms with Crippen LogP contribution in [-0.2, 0) is 0 Å². The number of amides is 1. The van der Waals surface area contributed by atoms with Crippen LogP contribution in [-0.4, -0.2) is 23.1 Å². The van der Waals surface area contributed by atoms with Crippen LogP contribution in [0.4, 0.5) is 10.1 Å². The summed E-state index contributed by atoms with van der Waals surface area (Å²) >= 11 is 5.85. The van der Waals surface area contributed by atoms with Crippen LogP contribution in [0.1, 0.15) is 15.9 Å². The summed E-state index contributed by atoms with van der Waals surface area (Å²) in [6, 6.07) is 8.38. The van der Waals surface area contributed by atoms with E-state index < -0.39 is 18.8 Å². The average Bonchev–Trinajstić information content (AvgIpc) is 2.42. The van der Waals surface area contributed by atoms with Crippen molar-refractivity contribution in [1.82, 2.24) is 0 Å². The lowest BCUT2D eigenvalue weighted by atomic mass is 9.80. The highest BCUT2D eigenvalue weighted by atomic mass is 35.5. The molecule has 0 saturated heterocycles. The van der Waals surface area contributed by atoms with Gasteiger partial charge in [-0.25, -0.2) is 4.39 Å². The number of carbonyl (C=O) groups excluding carboxylic acids is 1. The Hall–Kier alpha value is -1.89. The molecule has 0 spiro atoms. The minimum atomic E-state index is -1.72. The van der Waals surface area contributed by atoms with Gasteiger partial charge in [-0.2, -0.15) is 0 Å². The number of hydrogen-bond acceptors (Lipinski definition) is 3. The van der Waals surface area contributed by atoms with Crippen LogP contribution in [0.3, 0.4) is 0 Å². The number of benzene rings is 2. The summed E-state index contributed by atoms with van der Waals surface area (Å²) in [7, 11) is -1.72. The molecule has 7 heteroatoms. The lowest BCUT2D eigenvalue weighted by Crippen LogP contribution is -2.31. The van der Waals surface area contributed by atoms with Gasteiger partial charge in [0.05, 0.1) is 5.69 Å². The first-order valence-electron chi connectivity index (χ1n) is 6.11. The minimum absolute atomic E-state index is 0.0439. The average molecular weight is 308 g/mol. The van der Waals surface area contributed by atoms with E-state index in [9.17, 15) is 9.18 Å². The molecule has 0 fully saturated rings. The van der Waals surface area contributed by atoms with Crippen LogP contribution in [0.2, 0.25) is 5.02 Å². The van der Waals surface area contributed by atoms with Gasteiger partial charge < -0.3 is 15.4 Å². The van der Waals surface area contributed by atoms with Gasteiger partial charge in [0.15, 0.2) is 0 Å². The molecule has 0 aliphatic carbocycles. The fourth-order valence-corrected chi connectivity index (χ4v) is 2.09. The van der Waals surface area contributed by atoms with Crippen molar-refractivity contribution in [3.8, 4) is 0 Å². The number of nitrogens with one attached hydrogen (secondary N) is 1. The summed E-state index contributed by atoms with van der Waals surface area (Å²) < 4.78 is 13.6. The van der Waals surface area contributed by atoms with Crippen LogP contribution < -0.4 is 10.8 Å². The quantitative estimate of drug-likeness (QED) is 0.756. The highest BCUT2D eigenvalue weighted by Gasteiger charge is 2.17.